The highest BCUT2D eigenvalue weighted by molar-refractivity contribution is 5.67. The zero-order valence-electron chi connectivity index (χ0n) is 13.4. The molecule has 0 radical (unpaired) electrons. The van der Waals surface area contributed by atoms with Crippen LogP contribution in [0.15, 0.2) is 66.9 Å². The molecule has 0 amide bonds. The fourth-order valence-electron chi connectivity index (χ4n) is 2.36. The molecule has 0 N–H and O–H groups in total. The van der Waals surface area contributed by atoms with Crippen molar-refractivity contribution in [2.45, 2.75) is 6.61 Å². The average molecular weight is 315 g/mol. The number of hydrogen-bond donors (Lipinski definition) is 0. The Morgan fingerprint density at radius 1 is 1.00 bits per heavy atom. The SMILES string of the molecule is C#Cc1ccc(-c2ccc(OCc3ccccc3)nc2)cc1OC. The topological polar surface area (TPSA) is 31.4 Å². The maximum atomic E-state index is 5.70. The predicted octanol–water partition coefficient (Wildman–Crippen LogP) is 4.32. The van der Waals surface area contributed by atoms with Crippen LogP contribution in [-0.2, 0) is 6.61 Å². The van der Waals surface area contributed by atoms with Gasteiger partial charge in [0.15, 0.2) is 0 Å². The molecule has 0 spiro atoms. The molecule has 0 atom stereocenters. The summed E-state index contributed by atoms with van der Waals surface area (Å²) < 4.78 is 11.0. The molecule has 3 aromatic rings. The molecule has 0 aliphatic carbocycles. The van der Waals surface area contributed by atoms with E-state index in [2.05, 4.69) is 10.9 Å². The number of rotatable bonds is 5. The van der Waals surface area contributed by atoms with Gasteiger partial charge in [-0.3, -0.25) is 0 Å². The summed E-state index contributed by atoms with van der Waals surface area (Å²) in [7, 11) is 1.61. The number of aromatic nitrogens is 1. The lowest BCUT2D eigenvalue weighted by molar-refractivity contribution is 0.294. The summed E-state index contributed by atoms with van der Waals surface area (Å²) in [4.78, 5) is 4.36. The fraction of sp³-hybridized carbons (Fsp3) is 0.0952. The van der Waals surface area contributed by atoms with Gasteiger partial charge in [0.1, 0.15) is 12.4 Å². The van der Waals surface area contributed by atoms with E-state index >= 15 is 0 Å². The van der Waals surface area contributed by atoms with Crippen LogP contribution < -0.4 is 9.47 Å². The van der Waals surface area contributed by atoms with Gasteiger partial charge in [-0.1, -0.05) is 42.3 Å². The number of benzene rings is 2. The minimum Gasteiger partial charge on any atom is -0.495 e. The molecule has 3 heteroatoms. The third-order valence-electron chi connectivity index (χ3n) is 3.66. The van der Waals surface area contributed by atoms with Crippen LogP contribution in [-0.4, -0.2) is 12.1 Å². The highest BCUT2D eigenvalue weighted by Gasteiger charge is 2.05. The first-order valence-electron chi connectivity index (χ1n) is 7.58. The summed E-state index contributed by atoms with van der Waals surface area (Å²) in [6.45, 7) is 0.498. The molecular weight excluding hydrogens is 298 g/mol. The van der Waals surface area contributed by atoms with Crippen molar-refractivity contribution in [1.82, 2.24) is 4.98 Å². The largest absolute Gasteiger partial charge is 0.495 e. The number of methoxy groups -OCH3 is 1. The lowest BCUT2D eigenvalue weighted by Crippen LogP contribution is -1.97. The molecule has 0 aliphatic rings. The molecule has 0 saturated carbocycles. The minimum absolute atomic E-state index is 0.498. The molecule has 0 bridgehead atoms. The van der Waals surface area contributed by atoms with E-state index in [1.54, 1.807) is 13.3 Å². The van der Waals surface area contributed by atoms with Gasteiger partial charge in [0.05, 0.1) is 12.7 Å². The Labute approximate surface area is 141 Å². The molecular formula is C21H17NO2. The van der Waals surface area contributed by atoms with Crippen LogP contribution in [0.5, 0.6) is 11.6 Å². The zero-order chi connectivity index (χ0) is 16.8. The standard InChI is InChI=1S/C21H17NO2/c1-3-17-9-10-18(13-20(17)23-2)19-11-12-21(22-14-19)24-15-16-7-5-4-6-8-16/h1,4-14H,15H2,2H3. The molecule has 0 unspecified atom stereocenters. The van der Waals surface area contributed by atoms with Crippen molar-refractivity contribution in [2.75, 3.05) is 7.11 Å². The molecule has 0 saturated heterocycles. The van der Waals surface area contributed by atoms with Gasteiger partial charge >= 0.3 is 0 Å². The van der Waals surface area contributed by atoms with Crippen LogP contribution in [0.2, 0.25) is 0 Å². The second-order valence-electron chi connectivity index (χ2n) is 5.22. The van der Waals surface area contributed by atoms with Gasteiger partial charge in [0.25, 0.3) is 0 Å². The van der Waals surface area contributed by atoms with E-state index in [-0.39, 0.29) is 0 Å². The molecule has 2 aromatic carbocycles. The monoisotopic (exact) mass is 315 g/mol. The van der Waals surface area contributed by atoms with Gasteiger partial charge < -0.3 is 9.47 Å². The van der Waals surface area contributed by atoms with E-state index in [9.17, 15) is 0 Å². The van der Waals surface area contributed by atoms with Crippen molar-refractivity contribution in [3.8, 4) is 35.1 Å². The van der Waals surface area contributed by atoms with Crippen LogP contribution in [0.25, 0.3) is 11.1 Å². The first-order valence-corrected chi connectivity index (χ1v) is 7.58. The number of hydrogen-bond acceptors (Lipinski definition) is 3. The van der Waals surface area contributed by atoms with Gasteiger partial charge in [-0.2, -0.15) is 0 Å². The number of ether oxygens (including phenoxy) is 2. The highest BCUT2D eigenvalue weighted by atomic mass is 16.5. The first kappa shape index (κ1) is 15.6. The Kier molecular flexibility index (Phi) is 4.78. The van der Waals surface area contributed by atoms with Crippen molar-refractivity contribution in [3.63, 3.8) is 0 Å². The fourth-order valence-corrected chi connectivity index (χ4v) is 2.36. The maximum Gasteiger partial charge on any atom is 0.213 e. The van der Waals surface area contributed by atoms with Crippen LogP contribution in [0.1, 0.15) is 11.1 Å². The summed E-state index contributed by atoms with van der Waals surface area (Å²) in [5.74, 6) is 3.88. The van der Waals surface area contributed by atoms with Gasteiger partial charge in [-0.25, -0.2) is 4.98 Å². The van der Waals surface area contributed by atoms with Crippen molar-refractivity contribution in [1.29, 1.82) is 0 Å². The van der Waals surface area contributed by atoms with E-state index in [0.29, 0.717) is 18.2 Å². The quantitative estimate of drug-likeness (QED) is 0.657. The second-order valence-corrected chi connectivity index (χ2v) is 5.22. The summed E-state index contributed by atoms with van der Waals surface area (Å²) in [6, 6.07) is 19.6. The van der Waals surface area contributed by atoms with Gasteiger partial charge in [0, 0.05) is 17.8 Å². The molecule has 0 fully saturated rings. The van der Waals surface area contributed by atoms with E-state index in [1.807, 2.05) is 60.7 Å². The van der Waals surface area contributed by atoms with E-state index in [1.165, 1.54) is 0 Å². The summed E-state index contributed by atoms with van der Waals surface area (Å²) in [5.41, 5.74) is 3.81. The van der Waals surface area contributed by atoms with Crippen LogP contribution in [0, 0.1) is 12.3 Å². The average Bonchev–Trinajstić information content (AvgIpc) is 2.67. The van der Waals surface area contributed by atoms with Crippen molar-refractivity contribution >= 4 is 0 Å². The first-order chi connectivity index (χ1) is 11.8. The summed E-state index contributed by atoms with van der Waals surface area (Å²) in [5, 5.41) is 0. The van der Waals surface area contributed by atoms with Crippen molar-refractivity contribution in [2.24, 2.45) is 0 Å². The third-order valence-corrected chi connectivity index (χ3v) is 3.66. The Morgan fingerprint density at radius 2 is 1.79 bits per heavy atom. The van der Waals surface area contributed by atoms with E-state index in [4.69, 9.17) is 15.9 Å². The Hall–Kier alpha value is -3.25. The van der Waals surface area contributed by atoms with Crippen LogP contribution in [0.4, 0.5) is 0 Å². The smallest absolute Gasteiger partial charge is 0.213 e. The van der Waals surface area contributed by atoms with Gasteiger partial charge in [-0.15, -0.1) is 6.42 Å². The Bertz CT molecular complexity index is 849. The predicted molar refractivity (Wildman–Crippen MR) is 94.9 cm³/mol. The summed E-state index contributed by atoms with van der Waals surface area (Å²) in [6.07, 6.45) is 7.24. The zero-order valence-corrected chi connectivity index (χ0v) is 13.4. The molecule has 0 aliphatic heterocycles. The highest BCUT2D eigenvalue weighted by Crippen LogP contribution is 2.27. The molecule has 3 nitrogen and oxygen atoms in total. The van der Waals surface area contributed by atoms with Crippen molar-refractivity contribution in [3.05, 3.63) is 78.0 Å². The van der Waals surface area contributed by atoms with E-state index in [0.717, 1.165) is 22.3 Å². The number of nitrogens with zero attached hydrogens (tertiary/aromatic N) is 1. The Morgan fingerprint density at radius 3 is 2.46 bits per heavy atom. The van der Waals surface area contributed by atoms with Gasteiger partial charge in [0.2, 0.25) is 5.88 Å². The van der Waals surface area contributed by atoms with Gasteiger partial charge in [-0.05, 0) is 29.3 Å². The number of pyridine rings is 1. The minimum atomic E-state index is 0.498. The molecule has 24 heavy (non-hydrogen) atoms. The maximum absolute atomic E-state index is 5.70. The van der Waals surface area contributed by atoms with Crippen LogP contribution in [0.3, 0.4) is 0 Å². The second kappa shape index (κ2) is 7.34. The Balaban J connectivity index is 1.74. The summed E-state index contributed by atoms with van der Waals surface area (Å²) >= 11 is 0. The number of terminal acetylenes is 1. The molecule has 3 rings (SSSR count). The lowest BCUT2D eigenvalue weighted by Gasteiger charge is -2.09. The molecule has 1 heterocycles. The molecule has 118 valence electrons. The normalized spacial score (nSPS) is 10.0. The lowest BCUT2D eigenvalue weighted by atomic mass is 10.0. The van der Waals surface area contributed by atoms with Crippen LogP contribution >= 0.6 is 0 Å². The third kappa shape index (κ3) is 3.56. The van der Waals surface area contributed by atoms with E-state index < -0.39 is 0 Å². The molecule has 1 aromatic heterocycles. The van der Waals surface area contributed by atoms with Crippen molar-refractivity contribution < 1.29 is 9.47 Å².